The lowest BCUT2D eigenvalue weighted by molar-refractivity contribution is -0.135. The van der Waals surface area contributed by atoms with E-state index in [-0.39, 0.29) is 18.1 Å². The van der Waals surface area contributed by atoms with Crippen LogP contribution >= 0.6 is 0 Å². The molecular formula is C18H21N3O4. The van der Waals surface area contributed by atoms with Gasteiger partial charge in [-0.25, -0.2) is 4.79 Å². The Balaban J connectivity index is 3.40. The van der Waals surface area contributed by atoms with Gasteiger partial charge < -0.3 is 14.8 Å². The molecule has 0 unspecified atom stereocenters. The number of nitriles is 1. The van der Waals surface area contributed by atoms with Crippen LogP contribution in [0.4, 0.5) is 5.69 Å². The van der Waals surface area contributed by atoms with Crippen LogP contribution in [0.3, 0.4) is 0 Å². The molecule has 1 aromatic carbocycles. The van der Waals surface area contributed by atoms with Gasteiger partial charge in [0.05, 0.1) is 36.6 Å². The zero-order valence-corrected chi connectivity index (χ0v) is 14.7. The highest BCUT2D eigenvalue weighted by Gasteiger charge is 2.22. The van der Waals surface area contributed by atoms with E-state index in [9.17, 15) is 9.59 Å². The maximum absolute atomic E-state index is 11.8. The number of anilines is 1. The second kappa shape index (κ2) is 9.23. The number of hydrogen-bond donors (Lipinski definition) is 2. The number of hydrogen-bond acceptors (Lipinski definition) is 7. The summed E-state index contributed by atoms with van der Waals surface area (Å²) in [6, 6.07) is 6.81. The fourth-order valence-corrected chi connectivity index (χ4v) is 2.11. The van der Waals surface area contributed by atoms with Gasteiger partial charge in [0.1, 0.15) is 5.75 Å². The van der Waals surface area contributed by atoms with Crippen LogP contribution in [0.25, 0.3) is 0 Å². The molecule has 0 atom stereocenters. The van der Waals surface area contributed by atoms with Crippen LogP contribution in [0.1, 0.15) is 26.3 Å². The van der Waals surface area contributed by atoms with Gasteiger partial charge in [-0.2, -0.15) is 5.26 Å². The van der Waals surface area contributed by atoms with E-state index in [0.29, 0.717) is 29.0 Å². The first-order valence-corrected chi connectivity index (χ1v) is 7.70. The van der Waals surface area contributed by atoms with Gasteiger partial charge in [-0.05, 0) is 31.0 Å². The molecule has 0 bridgehead atoms. The second-order valence-electron chi connectivity index (χ2n) is 5.35. The van der Waals surface area contributed by atoms with E-state index < -0.39 is 11.7 Å². The molecule has 132 valence electrons. The predicted molar refractivity (Wildman–Crippen MR) is 93.6 cm³/mol. The minimum atomic E-state index is -0.873. The van der Waals surface area contributed by atoms with Gasteiger partial charge >= 0.3 is 5.97 Å². The standard InChI is InChI=1S/C18H21N3O4/c1-5-25-18(23)16(20)13(10-22)17(11(2)3)21-14-8-12(9-19)6-7-15(14)24-4/h6-8,10-11,20-21H,5H2,1-4H3/b17-13-,20-16?. The topological polar surface area (TPSA) is 112 Å². The monoisotopic (exact) mass is 343 g/mol. The fraction of sp³-hybridized carbons (Fsp3) is 0.333. The molecule has 0 fully saturated rings. The highest BCUT2D eigenvalue weighted by atomic mass is 16.5. The van der Waals surface area contributed by atoms with Crippen LogP contribution in [0, 0.1) is 22.7 Å². The Morgan fingerprint density at radius 3 is 2.60 bits per heavy atom. The van der Waals surface area contributed by atoms with Crippen molar-refractivity contribution in [1.82, 2.24) is 0 Å². The van der Waals surface area contributed by atoms with Crippen LogP contribution in [0.2, 0.25) is 0 Å². The Morgan fingerprint density at radius 2 is 2.12 bits per heavy atom. The van der Waals surface area contributed by atoms with E-state index >= 15 is 0 Å². The average molecular weight is 343 g/mol. The van der Waals surface area contributed by atoms with Gasteiger partial charge in [0.15, 0.2) is 12.0 Å². The number of methoxy groups -OCH3 is 1. The van der Waals surface area contributed by atoms with E-state index in [1.165, 1.54) is 7.11 Å². The molecule has 0 aliphatic rings. The molecule has 0 amide bonds. The zero-order chi connectivity index (χ0) is 19.0. The number of nitrogens with zero attached hydrogens (tertiary/aromatic N) is 1. The lowest BCUT2D eigenvalue weighted by Crippen LogP contribution is -2.24. The summed E-state index contributed by atoms with van der Waals surface area (Å²) in [5, 5.41) is 20.0. The van der Waals surface area contributed by atoms with E-state index in [2.05, 4.69) is 5.32 Å². The quantitative estimate of drug-likeness (QED) is 0.325. The molecule has 0 heterocycles. The normalized spacial score (nSPS) is 11.2. The van der Waals surface area contributed by atoms with Crippen LogP contribution in [0.5, 0.6) is 5.75 Å². The van der Waals surface area contributed by atoms with Crippen molar-refractivity contribution in [2.75, 3.05) is 19.0 Å². The molecule has 0 saturated heterocycles. The molecular weight excluding hydrogens is 322 g/mol. The smallest absolute Gasteiger partial charge is 0.357 e. The first-order chi connectivity index (χ1) is 11.9. The highest BCUT2D eigenvalue weighted by Crippen LogP contribution is 2.29. The second-order valence-corrected chi connectivity index (χ2v) is 5.35. The first kappa shape index (κ1) is 19.9. The molecule has 1 rings (SSSR count). The summed E-state index contributed by atoms with van der Waals surface area (Å²) in [4.78, 5) is 23.3. The number of carbonyl (C=O) groups is 2. The molecule has 25 heavy (non-hydrogen) atoms. The van der Waals surface area contributed by atoms with Crippen molar-refractivity contribution in [2.24, 2.45) is 5.92 Å². The van der Waals surface area contributed by atoms with E-state index in [4.69, 9.17) is 20.1 Å². The van der Waals surface area contributed by atoms with Gasteiger partial charge in [0.2, 0.25) is 0 Å². The minimum Gasteiger partial charge on any atom is -0.495 e. The Hall–Kier alpha value is -3.14. The lowest BCUT2D eigenvalue weighted by Gasteiger charge is -2.19. The molecule has 7 heteroatoms. The Labute approximate surface area is 146 Å². The first-order valence-electron chi connectivity index (χ1n) is 7.70. The van der Waals surface area contributed by atoms with E-state index in [1.54, 1.807) is 25.1 Å². The van der Waals surface area contributed by atoms with Crippen molar-refractivity contribution < 1.29 is 19.1 Å². The van der Waals surface area contributed by atoms with Crippen LogP contribution in [0.15, 0.2) is 29.5 Å². The lowest BCUT2D eigenvalue weighted by atomic mass is 10.0. The minimum absolute atomic E-state index is 0.0992. The Bertz CT molecular complexity index is 745. The third-order valence-corrected chi connectivity index (χ3v) is 3.33. The molecule has 0 aromatic heterocycles. The Kier molecular flexibility index (Phi) is 7.35. The van der Waals surface area contributed by atoms with Crippen molar-refractivity contribution in [3.8, 4) is 11.8 Å². The van der Waals surface area contributed by atoms with Crippen molar-refractivity contribution in [3.05, 3.63) is 35.0 Å². The number of rotatable bonds is 8. The van der Waals surface area contributed by atoms with Crippen LogP contribution in [-0.4, -0.2) is 31.7 Å². The molecule has 7 nitrogen and oxygen atoms in total. The number of aldehydes is 1. The fourth-order valence-electron chi connectivity index (χ4n) is 2.11. The molecule has 2 N–H and O–H groups in total. The predicted octanol–water partition coefficient (Wildman–Crippen LogP) is 2.67. The number of nitrogens with one attached hydrogen (secondary N) is 2. The summed E-state index contributed by atoms with van der Waals surface area (Å²) in [5.41, 5.74) is 0.601. The number of carbonyl (C=O) groups excluding carboxylic acids is 2. The van der Waals surface area contributed by atoms with Crippen molar-refractivity contribution >= 4 is 23.7 Å². The summed E-state index contributed by atoms with van der Waals surface area (Å²) in [6.07, 6.45) is 0.447. The number of allylic oxidation sites excluding steroid dienone is 1. The maximum Gasteiger partial charge on any atom is 0.357 e. The molecule has 0 radical (unpaired) electrons. The van der Waals surface area contributed by atoms with Gasteiger partial charge in [-0.15, -0.1) is 0 Å². The third kappa shape index (κ3) is 4.91. The summed E-state index contributed by atoms with van der Waals surface area (Å²) in [6.45, 7) is 5.35. The number of benzene rings is 1. The van der Waals surface area contributed by atoms with E-state index in [1.807, 2.05) is 19.9 Å². The van der Waals surface area contributed by atoms with Gasteiger partial charge in [0.25, 0.3) is 0 Å². The molecule has 0 aliphatic carbocycles. The summed E-state index contributed by atoms with van der Waals surface area (Å²) in [7, 11) is 1.48. The summed E-state index contributed by atoms with van der Waals surface area (Å²) < 4.78 is 10.1. The van der Waals surface area contributed by atoms with Crippen molar-refractivity contribution in [2.45, 2.75) is 20.8 Å². The SMILES string of the molecule is CCOC(=O)C(=N)/C(C=O)=C(\Nc1cc(C#N)ccc1OC)C(C)C. The van der Waals surface area contributed by atoms with Crippen molar-refractivity contribution in [1.29, 1.82) is 10.7 Å². The summed E-state index contributed by atoms with van der Waals surface area (Å²) >= 11 is 0. The van der Waals surface area contributed by atoms with Gasteiger partial charge in [-0.3, -0.25) is 10.2 Å². The van der Waals surface area contributed by atoms with Crippen LogP contribution < -0.4 is 10.1 Å². The third-order valence-electron chi connectivity index (χ3n) is 3.33. The average Bonchev–Trinajstić information content (AvgIpc) is 2.61. The van der Waals surface area contributed by atoms with Gasteiger partial charge in [0, 0.05) is 5.70 Å². The largest absolute Gasteiger partial charge is 0.495 e. The van der Waals surface area contributed by atoms with E-state index in [0.717, 1.165) is 0 Å². The molecule has 0 aliphatic heterocycles. The molecule has 1 aromatic rings. The maximum atomic E-state index is 11.8. The molecule has 0 spiro atoms. The summed E-state index contributed by atoms with van der Waals surface area (Å²) in [5.74, 6) is -0.613. The zero-order valence-electron chi connectivity index (χ0n) is 14.7. The number of esters is 1. The number of ether oxygens (including phenoxy) is 2. The Morgan fingerprint density at radius 1 is 1.44 bits per heavy atom. The van der Waals surface area contributed by atoms with Gasteiger partial charge in [-0.1, -0.05) is 13.8 Å². The van der Waals surface area contributed by atoms with Crippen LogP contribution in [-0.2, 0) is 14.3 Å². The molecule has 0 saturated carbocycles. The van der Waals surface area contributed by atoms with Crippen molar-refractivity contribution in [3.63, 3.8) is 0 Å². The highest BCUT2D eigenvalue weighted by molar-refractivity contribution is 6.46.